The first-order chi connectivity index (χ1) is 7.70. The van der Waals surface area contributed by atoms with Crippen LogP contribution in [0.1, 0.15) is 11.5 Å². The van der Waals surface area contributed by atoms with E-state index in [1.807, 2.05) is 11.6 Å². The van der Waals surface area contributed by atoms with Gasteiger partial charge in [0.25, 0.3) is 0 Å². The van der Waals surface area contributed by atoms with E-state index in [-0.39, 0.29) is 6.61 Å². The van der Waals surface area contributed by atoms with Crippen molar-refractivity contribution in [1.82, 2.24) is 29.8 Å². The summed E-state index contributed by atoms with van der Waals surface area (Å²) >= 11 is 1.51. The van der Waals surface area contributed by atoms with Gasteiger partial charge in [-0.1, -0.05) is 11.8 Å². The van der Waals surface area contributed by atoms with Gasteiger partial charge in [-0.2, -0.15) is 4.80 Å². The molecular formula is C8H12N6OS. The monoisotopic (exact) mass is 240 g/mol. The lowest BCUT2D eigenvalue weighted by Crippen LogP contribution is -1.98. The zero-order chi connectivity index (χ0) is 11.5. The van der Waals surface area contributed by atoms with Gasteiger partial charge in [-0.3, -0.25) is 0 Å². The van der Waals surface area contributed by atoms with Gasteiger partial charge in [-0.05, 0) is 5.21 Å². The van der Waals surface area contributed by atoms with Gasteiger partial charge in [0.05, 0.1) is 31.3 Å². The number of aryl methyl sites for hydroxylation is 1. The van der Waals surface area contributed by atoms with Crippen molar-refractivity contribution >= 4 is 11.8 Å². The molecule has 86 valence electrons. The highest BCUT2D eigenvalue weighted by molar-refractivity contribution is 7.98. The largest absolute Gasteiger partial charge is 0.390 e. The Morgan fingerprint density at radius 1 is 1.44 bits per heavy atom. The zero-order valence-corrected chi connectivity index (χ0v) is 9.85. The number of hydrogen-bond donors (Lipinski definition) is 1. The summed E-state index contributed by atoms with van der Waals surface area (Å²) in [5.74, 6) is 1.28. The van der Waals surface area contributed by atoms with Crippen LogP contribution in [0.15, 0.2) is 11.4 Å². The van der Waals surface area contributed by atoms with Crippen molar-refractivity contribution in [1.29, 1.82) is 0 Å². The van der Waals surface area contributed by atoms with E-state index >= 15 is 0 Å². The number of tetrazole rings is 1. The third kappa shape index (κ3) is 2.22. The standard InChI is InChI=1S/C8H12N6OS/c1-13-6(4-15)3-9-8(13)16-5-7-10-12-14(2)11-7/h3,15H,4-5H2,1-2H3. The summed E-state index contributed by atoms with van der Waals surface area (Å²) in [5.41, 5.74) is 0.787. The Hall–Kier alpha value is -1.41. The molecule has 2 rings (SSSR count). The van der Waals surface area contributed by atoms with Gasteiger partial charge >= 0.3 is 0 Å². The van der Waals surface area contributed by atoms with Crippen molar-refractivity contribution < 1.29 is 5.11 Å². The van der Waals surface area contributed by atoms with Crippen molar-refractivity contribution in [2.75, 3.05) is 0 Å². The first-order valence-corrected chi connectivity index (χ1v) is 5.66. The predicted molar refractivity (Wildman–Crippen MR) is 57.5 cm³/mol. The van der Waals surface area contributed by atoms with Gasteiger partial charge in [0, 0.05) is 7.05 Å². The molecule has 0 aromatic carbocycles. The second-order valence-corrected chi connectivity index (χ2v) is 4.18. The van der Waals surface area contributed by atoms with E-state index in [1.54, 1.807) is 13.2 Å². The molecule has 2 aromatic heterocycles. The summed E-state index contributed by atoms with van der Waals surface area (Å²) in [4.78, 5) is 5.62. The molecule has 8 heteroatoms. The van der Waals surface area contributed by atoms with E-state index in [1.165, 1.54) is 16.6 Å². The van der Waals surface area contributed by atoms with Crippen molar-refractivity contribution in [2.45, 2.75) is 17.5 Å². The average Bonchev–Trinajstić information content (AvgIpc) is 2.83. The second-order valence-electron chi connectivity index (χ2n) is 3.23. The quantitative estimate of drug-likeness (QED) is 0.741. The van der Waals surface area contributed by atoms with Crippen LogP contribution in [0.25, 0.3) is 0 Å². The maximum atomic E-state index is 9.01. The SMILES string of the molecule is Cn1nnc(CSc2ncc(CO)n2C)n1. The molecule has 7 nitrogen and oxygen atoms in total. The average molecular weight is 240 g/mol. The Bertz CT molecular complexity index is 479. The summed E-state index contributed by atoms with van der Waals surface area (Å²) in [6.07, 6.45) is 1.66. The molecule has 0 atom stereocenters. The van der Waals surface area contributed by atoms with Crippen molar-refractivity contribution in [2.24, 2.45) is 14.1 Å². The van der Waals surface area contributed by atoms with Crippen LogP contribution >= 0.6 is 11.8 Å². The van der Waals surface area contributed by atoms with Crippen LogP contribution in [-0.2, 0) is 26.5 Å². The molecule has 0 spiro atoms. The summed E-state index contributed by atoms with van der Waals surface area (Å²) < 4.78 is 1.85. The Labute approximate surface area is 96.5 Å². The molecule has 0 saturated carbocycles. The molecule has 0 bridgehead atoms. The first-order valence-electron chi connectivity index (χ1n) is 4.68. The summed E-state index contributed by atoms with van der Waals surface area (Å²) in [5, 5.41) is 21.5. The van der Waals surface area contributed by atoms with Gasteiger partial charge in [-0.25, -0.2) is 4.98 Å². The minimum Gasteiger partial charge on any atom is -0.390 e. The van der Waals surface area contributed by atoms with Crippen molar-refractivity contribution in [3.63, 3.8) is 0 Å². The first kappa shape index (κ1) is 11.1. The van der Waals surface area contributed by atoms with Crippen LogP contribution in [0.3, 0.4) is 0 Å². The topological polar surface area (TPSA) is 81.6 Å². The highest BCUT2D eigenvalue weighted by Crippen LogP contribution is 2.20. The lowest BCUT2D eigenvalue weighted by atomic mass is 10.5. The third-order valence-corrected chi connectivity index (χ3v) is 3.12. The van der Waals surface area contributed by atoms with Gasteiger partial charge in [0.15, 0.2) is 11.0 Å². The van der Waals surface area contributed by atoms with Gasteiger partial charge in [0.2, 0.25) is 0 Å². The number of thioether (sulfide) groups is 1. The molecule has 0 aliphatic carbocycles. The zero-order valence-electron chi connectivity index (χ0n) is 9.03. The maximum absolute atomic E-state index is 9.01. The normalized spacial score (nSPS) is 10.9. The predicted octanol–water partition coefficient (Wildman–Crippen LogP) is -0.272. The van der Waals surface area contributed by atoms with Gasteiger partial charge in [0.1, 0.15) is 0 Å². The Kier molecular flexibility index (Phi) is 3.20. The number of rotatable bonds is 4. The number of imidazole rings is 1. The number of aliphatic hydroxyl groups is 1. The van der Waals surface area contributed by atoms with Crippen molar-refractivity contribution in [3.8, 4) is 0 Å². The molecule has 2 heterocycles. The molecule has 0 aliphatic heterocycles. The Morgan fingerprint density at radius 3 is 2.81 bits per heavy atom. The maximum Gasteiger partial charge on any atom is 0.185 e. The lowest BCUT2D eigenvalue weighted by molar-refractivity contribution is 0.271. The molecule has 1 N–H and O–H groups in total. The van der Waals surface area contributed by atoms with Crippen LogP contribution in [0.4, 0.5) is 0 Å². The van der Waals surface area contributed by atoms with E-state index in [0.29, 0.717) is 11.6 Å². The number of aliphatic hydroxyl groups excluding tert-OH is 1. The number of hydrogen-bond acceptors (Lipinski definition) is 6. The van der Waals surface area contributed by atoms with Gasteiger partial charge < -0.3 is 9.67 Å². The minimum absolute atomic E-state index is 0.00650. The van der Waals surface area contributed by atoms with Gasteiger partial charge in [-0.15, -0.1) is 10.2 Å². The molecule has 16 heavy (non-hydrogen) atoms. The van der Waals surface area contributed by atoms with E-state index in [4.69, 9.17) is 5.11 Å². The highest BCUT2D eigenvalue weighted by Gasteiger charge is 2.08. The fourth-order valence-electron chi connectivity index (χ4n) is 1.22. The fourth-order valence-corrected chi connectivity index (χ4v) is 2.03. The van der Waals surface area contributed by atoms with Crippen LogP contribution in [0.2, 0.25) is 0 Å². The van der Waals surface area contributed by atoms with E-state index in [9.17, 15) is 0 Å². The molecule has 2 aromatic rings. The Balaban J connectivity index is 2.02. The number of aromatic nitrogens is 6. The smallest absolute Gasteiger partial charge is 0.185 e. The van der Waals surface area contributed by atoms with Crippen molar-refractivity contribution in [3.05, 3.63) is 17.7 Å². The molecule has 0 amide bonds. The Morgan fingerprint density at radius 2 is 2.25 bits per heavy atom. The number of nitrogens with zero attached hydrogens (tertiary/aromatic N) is 6. The summed E-state index contributed by atoms with van der Waals surface area (Å²) in [6, 6.07) is 0. The molecule has 0 aliphatic rings. The summed E-state index contributed by atoms with van der Waals surface area (Å²) in [6.45, 7) is -0.00650. The summed E-state index contributed by atoms with van der Waals surface area (Å²) in [7, 11) is 3.59. The minimum atomic E-state index is -0.00650. The lowest BCUT2D eigenvalue weighted by Gasteiger charge is -2.01. The molecule has 0 radical (unpaired) electrons. The second kappa shape index (κ2) is 4.62. The van der Waals surface area contributed by atoms with E-state index in [0.717, 1.165) is 10.9 Å². The molecular weight excluding hydrogens is 228 g/mol. The van der Waals surface area contributed by atoms with E-state index < -0.39 is 0 Å². The van der Waals surface area contributed by atoms with Crippen LogP contribution < -0.4 is 0 Å². The molecule has 0 fully saturated rings. The van der Waals surface area contributed by atoms with Crippen LogP contribution in [0.5, 0.6) is 0 Å². The fraction of sp³-hybridized carbons (Fsp3) is 0.500. The molecule has 0 saturated heterocycles. The van der Waals surface area contributed by atoms with Crippen LogP contribution in [0, 0.1) is 0 Å². The van der Waals surface area contributed by atoms with Crippen LogP contribution in [-0.4, -0.2) is 34.9 Å². The van der Waals surface area contributed by atoms with E-state index in [2.05, 4.69) is 20.4 Å². The third-order valence-electron chi connectivity index (χ3n) is 2.08. The molecule has 0 unspecified atom stereocenters. The highest BCUT2D eigenvalue weighted by atomic mass is 32.2.